The van der Waals surface area contributed by atoms with E-state index < -0.39 is 5.60 Å². The van der Waals surface area contributed by atoms with Crippen molar-refractivity contribution in [1.29, 1.82) is 0 Å². The summed E-state index contributed by atoms with van der Waals surface area (Å²) in [4.78, 5) is 13.9. The second kappa shape index (κ2) is 4.30. The van der Waals surface area contributed by atoms with E-state index in [1.54, 1.807) is 4.90 Å². The third-order valence-electron chi connectivity index (χ3n) is 3.14. The predicted molar refractivity (Wildman–Crippen MR) is 68.3 cm³/mol. The van der Waals surface area contributed by atoms with Gasteiger partial charge in [-0.15, -0.1) is 0 Å². The van der Waals surface area contributed by atoms with Gasteiger partial charge in [0.15, 0.2) is 0 Å². The summed E-state index contributed by atoms with van der Waals surface area (Å²) in [7, 11) is 0. The number of H-pyrrole nitrogens is 1. The number of nitrogens with one attached hydrogen (secondary N) is 1. The minimum atomic E-state index is -0.456. The van der Waals surface area contributed by atoms with Crippen LogP contribution in [-0.2, 0) is 17.7 Å². The zero-order chi connectivity index (χ0) is 13.5. The number of rotatable bonds is 0. The minimum Gasteiger partial charge on any atom is -0.444 e. The molecule has 1 aliphatic heterocycles. The number of amides is 1. The number of aryl methyl sites for hydroxylation is 1. The zero-order valence-corrected chi connectivity index (χ0v) is 11.7. The first-order valence-electron chi connectivity index (χ1n) is 6.30. The van der Waals surface area contributed by atoms with Crippen LogP contribution in [0.2, 0.25) is 0 Å². The number of aromatic nitrogens is 2. The van der Waals surface area contributed by atoms with Crippen molar-refractivity contribution in [2.75, 3.05) is 0 Å². The van der Waals surface area contributed by atoms with Gasteiger partial charge in [-0.2, -0.15) is 5.10 Å². The molecule has 2 heterocycles. The first-order valence-corrected chi connectivity index (χ1v) is 6.30. The number of hydrogen-bond donors (Lipinski definition) is 1. The van der Waals surface area contributed by atoms with Crippen LogP contribution in [0.3, 0.4) is 0 Å². The van der Waals surface area contributed by atoms with E-state index in [1.807, 2.05) is 34.6 Å². The Morgan fingerprint density at radius 1 is 1.50 bits per heavy atom. The highest BCUT2D eigenvalue weighted by Gasteiger charge is 2.32. The number of fused-ring (bicyclic) bond motifs is 1. The maximum Gasteiger partial charge on any atom is 0.410 e. The Bertz CT molecular complexity index is 459. The van der Waals surface area contributed by atoms with Crippen molar-refractivity contribution in [3.8, 4) is 0 Å². The standard InChI is InChI=1S/C13H21N3O2/c1-8-6-11-10(9(2)14-15-11)7-16(8)12(17)18-13(3,4)5/h8H,6-7H2,1-5H3,(H,14,15). The van der Waals surface area contributed by atoms with Crippen molar-refractivity contribution in [2.45, 2.75) is 59.2 Å². The van der Waals surface area contributed by atoms with Crippen LogP contribution in [0.25, 0.3) is 0 Å². The molecule has 0 aromatic carbocycles. The van der Waals surface area contributed by atoms with Crippen molar-refractivity contribution in [3.05, 3.63) is 17.0 Å². The molecule has 2 rings (SSSR count). The van der Waals surface area contributed by atoms with Gasteiger partial charge in [-0.05, 0) is 34.6 Å². The molecule has 0 saturated heterocycles. The lowest BCUT2D eigenvalue weighted by Gasteiger charge is -2.34. The molecular formula is C13H21N3O2. The van der Waals surface area contributed by atoms with Gasteiger partial charge in [-0.1, -0.05) is 0 Å². The Balaban J connectivity index is 2.16. The molecule has 0 saturated carbocycles. The molecular weight excluding hydrogens is 230 g/mol. The quantitative estimate of drug-likeness (QED) is 0.770. The van der Waals surface area contributed by atoms with Gasteiger partial charge in [0.1, 0.15) is 5.60 Å². The van der Waals surface area contributed by atoms with Crippen LogP contribution in [0.15, 0.2) is 0 Å². The topological polar surface area (TPSA) is 58.2 Å². The van der Waals surface area contributed by atoms with Gasteiger partial charge in [0.2, 0.25) is 0 Å². The first kappa shape index (κ1) is 12.9. The molecule has 0 spiro atoms. The van der Waals surface area contributed by atoms with Crippen molar-refractivity contribution < 1.29 is 9.53 Å². The number of aromatic amines is 1. The molecule has 5 heteroatoms. The fraction of sp³-hybridized carbons (Fsp3) is 0.692. The van der Waals surface area contributed by atoms with Crippen LogP contribution < -0.4 is 0 Å². The normalized spacial score (nSPS) is 19.6. The second-order valence-electron chi connectivity index (χ2n) is 5.94. The number of carbonyl (C=O) groups is 1. The number of hydrogen-bond acceptors (Lipinski definition) is 3. The largest absolute Gasteiger partial charge is 0.444 e. The summed E-state index contributed by atoms with van der Waals surface area (Å²) in [5.74, 6) is 0. The van der Waals surface area contributed by atoms with E-state index in [1.165, 1.54) is 0 Å². The number of nitrogens with zero attached hydrogens (tertiary/aromatic N) is 2. The summed E-state index contributed by atoms with van der Waals surface area (Å²) in [5, 5.41) is 7.25. The maximum atomic E-state index is 12.1. The van der Waals surface area contributed by atoms with E-state index in [4.69, 9.17) is 4.74 Å². The number of carbonyl (C=O) groups excluding carboxylic acids is 1. The van der Waals surface area contributed by atoms with Crippen LogP contribution in [0, 0.1) is 6.92 Å². The lowest BCUT2D eigenvalue weighted by molar-refractivity contribution is 0.0137. The molecule has 0 aliphatic carbocycles. The van der Waals surface area contributed by atoms with Crippen LogP contribution in [0.5, 0.6) is 0 Å². The number of ether oxygens (including phenoxy) is 1. The molecule has 1 unspecified atom stereocenters. The van der Waals surface area contributed by atoms with E-state index in [9.17, 15) is 4.79 Å². The highest BCUT2D eigenvalue weighted by Crippen LogP contribution is 2.25. The van der Waals surface area contributed by atoms with Gasteiger partial charge in [0.25, 0.3) is 0 Å². The molecule has 100 valence electrons. The monoisotopic (exact) mass is 251 g/mol. The molecule has 1 aliphatic rings. The van der Waals surface area contributed by atoms with Crippen LogP contribution in [0.1, 0.15) is 44.6 Å². The van der Waals surface area contributed by atoms with Gasteiger partial charge >= 0.3 is 6.09 Å². The van der Waals surface area contributed by atoms with Gasteiger partial charge < -0.3 is 9.64 Å². The highest BCUT2D eigenvalue weighted by molar-refractivity contribution is 5.69. The Morgan fingerprint density at radius 3 is 2.78 bits per heavy atom. The van der Waals surface area contributed by atoms with E-state index >= 15 is 0 Å². The third-order valence-corrected chi connectivity index (χ3v) is 3.14. The van der Waals surface area contributed by atoms with E-state index in [0.717, 1.165) is 23.4 Å². The fourth-order valence-corrected chi connectivity index (χ4v) is 2.16. The third kappa shape index (κ3) is 2.49. The van der Waals surface area contributed by atoms with Crippen LogP contribution in [-0.4, -0.2) is 32.8 Å². The van der Waals surface area contributed by atoms with Crippen molar-refractivity contribution in [1.82, 2.24) is 15.1 Å². The van der Waals surface area contributed by atoms with Crippen LogP contribution >= 0.6 is 0 Å². The first-order chi connectivity index (χ1) is 8.28. The minimum absolute atomic E-state index is 0.120. The molecule has 0 radical (unpaired) electrons. The second-order valence-corrected chi connectivity index (χ2v) is 5.94. The molecule has 1 amide bonds. The molecule has 18 heavy (non-hydrogen) atoms. The van der Waals surface area contributed by atoms with Crippen molar-refractivity contribution >= 4 is 6.09 Å². The van der Waals surface area contributed by atoms with Crippen molar-refractivity contribution in [2.24, 2.45) is 0 Å². The molecule has 1 aromatic heterocycles. The van der Waals surface area contributed by atoms with Gasteiger partial charge in [-0.25, -0.2) is 4.79 Å². The summed E-state index contributed by atoms with van der Waals surface area (Å²) in [6, 6.07) is 0.120. The Labute approximate surface area is 108 Å². The highest BCUT2D eigenvalue weighted by atomic mass is 16.6. The van der Waals surface area contributed by atoms with Gasteiger partial charge in [0, 0.05) is 23.7 Å². The molecule has 0 bridgehead atoms. The lowest BCUT2D eigenvalue weighted by Crippen LogP contribution is -2.45. The molecule has 1 atom stereocenters. The summed E-state index contributed by atoms with van der Waals surface area (Å²) >= 11 is 0. The zero-order valence-electron chi connectivity index (χ0n) is 11.7. The average molecular weight is 251 g/mol. The smallest absolute Gasteiger partial charge is 0.410 e. The van der Waals surface area contributed by atoms with E-state index in [0.29, 0.717) is 6.54 Å². The summed E-state index contributed by atoms with van der Waals surface area (Å²) < 4.78 is 5.44. The van der Waals surface area contributed by atoms with E-state index in [2.05, 4.69) is 10.2 Å². The van der Waals surface area contributed by atoms with Gasteiger partial charge in [-0.3, -0.25) is 5.10 Å². The molecule has 5 nitrogen and oxygen atoms in total. The van der Waals surface area contributed by atoms with Gasteiger partial charge in [0.05, 0.1) is 12.2 Å². The molecule has 1 N–H and O–H groups in total. The predicted octanol–water partition coefficient (Wildman–Crippen LogP) is 2.40. The average Bonchev–Trinajstić information content (AvgIpc) is 2.56. The van der Waals surface area contributed by atoms with Crippen molar-refractivity contribution in [3.63, 3.8) is 0 Å². The Morgan fingerprint density at radius 2 is 2.17 bits per heavy atom. The molecule has 0 fully saturated rings. The summed E-state index contributed by atoms with van der Waals surface area (Å²) in [6.07, 6.45) is 0.528. The fourth-order valence-electron chi connectivity index (χ4n) is 2.16. The van der Waals surface area contributed by atoms with Crippen LogP contribution in [0.4, 0.5) is 4.79 Å². The van der Waals surface area contributed by atoms with E-state index in [-0.39, 0.29) is 12.1 Å². The SMILES string of the molecule is Cc1[nH]nc2c1CN(C(=O)OC(C)(C)C)C(C)C2. The Hall–Kier alpha value is -1.52. The molecule has 1 aromatic rings. The summed E-state index contributed by atoms with van der Waals surface area (Å²) in [5.41, 5.74) is 2.77. The lowest BCUT2D eigenvalue weighted by atomic mass is 10.0. The maximum absolute atomic E-state index is 12.1. The Kier molecular flexibility index (Phi) is 3.09. The summed E-state index contributed by atoms with van der Waals surface area (Å²) in [6.45, 7) is 10.2.